The van der Waals surface area contributed by atoms with Crippen molar-refractivity contribution in [3.8, 4) is 11.5 Å². The third kappa shape index (κ3) is 4.59. The van der Waals surface area contributed by atoms with E-state index in [4.69, 9.17) is 9.52 Å². The largest absolute Gasteiger partial charge is 0.478 e. The summed E-state index contributed by atoms with van der Waals surface area (Å²) in [6.45, 7) is 0.613. The first-order chi connectivity index (χ1) is 16.0. The Hall–Kier alpha value is -4.08. The van der Waals surface area contributed by atoms with E-state index in [1.54, 1.807) is 23.4 Å². The van der Waals surface area contributed by atoms with Gasteiger partial charge in [0, 0.05) is 37.1 Å². The molecule has 0 spiro atoms. The topological polar surface area (TPSA) is 134 Å². The maximum atomic E-state index is 12.5. The summed E-state index contributed by atoms with van der Waals surface area (Å²) >= 11 is 0. The monoisotopic (exact) mass is 446 g/mol. The number of amides is 1. The van der Waals surface area contributed by atoms with Gasteiger partial charge in [0.25, 0.3) is 5.89 Å². The van der Waals surface area contributed by atoms with Crippen LogP contribution in [0.4, 0.5) is 5.95 Å². The fourth-order valence-corrected chi connectivity index (χ4v) is 4.13. The van der Waals surface area contributed by atoms with Crippen LogP contribution in [-0.2, 0) is 28.9 Å². The van der Waals surface area contributed by atoms with Crippen LogP contribution in [-0.4, -0.2) is 61.2 Å². The van der Waals surface area contributed by atoms with E-state index in [-0.39, 0.29) is 36.7 Å². The van der Waals surface area contributed by atoms with Crippen molar-refractivity contribution >= 4 is 17.8 Å². The van der Waals surface area contributed by atoms with E-state index in [9.17, 15) is 9.59 Å². The van der Waals surface area contributed by atoms with Crippen molar-refractivity contribution in [3.05, 3.63) is 65.3 Å². The zero-order chi connectivity index (χ0) is 22.8. The van der Waals surface area contributed by atoms with Crippen molar-refractivity contribution in [1.29, 1.82) is 0 Å². The first-order valence-electron chi connectivity index (χ1n) is 10.7. The second-order valence-electron chi connectivity index (χ2n) is 8.12. The van der Waals surface area contributed by atoms with Gasteiger partial charge in [-0.25, -0.2) is 14.8 Å². The highest BCUT2D eigenvalue weighted by Crippen LogP contribution is 2.24. The Labute approximate surface area is 189 Å². The zero-order valence-electron chi connectivity index (χ0n) is 17.8. The van der Waals surface area contributed by atoms with Crippen LogP contribution in [0.25, 0.3) is 11.5 Å². The number of hydrogen-bond acceptors (Lipinski definition) is 8. The quantitative estimate of drug-likeness (QED) is 0.582. The summed E-state index contributed by atoms with van der Waals surface area (Å²) in [7, 11) is 0. The third-order valence-corrected chi connectivity index (χ3v) is 5.89. The average Bonchev–Trinajstić information content (AvgIpc) is 3.46. The highest BCUT2D eigenvalue weighted by Gasteiger charge is 2.23. The minimum absolute atomic E-state index is 0.0496. The summed E-state index contributed by atoms with van der Waals surface area (Å²) < 4.78 is 5.63. The first kappa shape index (κ1) is 20.8. The van der Waals surface area contributed by atoms with E-state index >= 15 is 0 Å². The van der Waals surface area contributed by atoms with Crippen LogP contribution < -0.4 is 5.32 Å². The lowest BCUT2D eigenvalue weighted by Crippen LogP contribution is -2.36. The number of aliphatic carboxylic acids is 1. The Morgan fingerprint density at radius 2 is 1.85 bits per heavy atom. The van der Waals surface area contributed by atoms with E-state index in [0.29, 0.717) is 30.1 Å². The van der Waals surface area contributed by atoms with Crippen LogP contribution in [0.2, 0.25) is 0 Å². The number of carbonyl (C=O) groups is 2. The van der Waals surface area contributed by atoms with Crippen molar-refractivity contribution in [3.63, 3.8) is 0 Å². The number of anilines is 1. The molecule has 0 bridgehead atoms. The Morgan fingerprint density at radius 3 is 2.48 bits per heavy atom. The Kier molecular flexibility index (Phi) is 5.55. The van der Waals surface area contributed by atoms with Crippen molar-refractivity contribution in [2.75, 3.05) is 18.4 Å². The molecule has 0 unspecified atom stereocenters. The maximum Gasteiger partial charge on any atom is 0.331 e. The molecule has 3 heterocycles. The van der Waals surface area contributed by atoms with Gasteiger partial charge in [0.15, 0.2) is 0 Å². The molecule has 0 saturated heterocycles. The fourth-order valence-electron chi connectivity index (χ4n) is 4.13. The highest BCUT2D eigenvalue weighted by atomic mass is 16.4. The van der Waals surface area contributed by atoms with Crippen molar-refractivity contribution in [2.24, 2.45) is 0 Å². The number of nitrogens with zero attached hydrogens (tertiary/aromatic N) is 5. The number of benzene rings is 1. The molecular formula is C23H22N6O4. The number of fused-ring (bicyclic) bond motifs is 1. The lowest BCUT2D eigenvalue weighted by Gasteiger charge is -2.24. The number of rotatable bonds is 6. The molecule has 10 nitrogen and oxygen atoms in total. The van der Waals surface area contributed by atoms with Gasteiger partial charge in [0.1, 0.15) is 6.42 Å². The molecule has 2 N–H and O–H groups in total. The van der Waals surface area contributed by atoms with Gasteiger partial charge < -0.3 is 19.7 Å². The molecular weight excluding hydrogens is 424 g/mol. The second kappa shape index (κ2) is 8.81. The first-order valence-corrected chi connectivity index (χ1v) is 10.7. The number of carboxylic acid groups (broad SMARTS) is 1. The molecule has 2 aromatic heterocycles. The van der Waals surface area contributed by atoms with Gasteiger partial charge in [-0.2, -0.15) is 0 Å². The normalized spacial score (nSPS) is 15.8. The molecule has 33 heavy (non-hydrogen) atoms. The summed E-state index contributed by atoms with van der Waals surface area (Å²) in [6.07, 6.45) is 6.92. The number of nitrogens with one attached hydrogen (secondary N) is 1. The summed E-state index contributed by atoms with van der Waals surface area (Å²) in [6, 6.07) is 8.66. The predicted molar refractivity (Wildman–Crippen MR) is 117 cm³/mol. The van der Waals surface area contributed by atoms with Crippen molar-refractivity contribution < 1.29 is 19.1 Å². The predicted octanol–water partition coefficient (Wildman–Crippen LogP) is 1.89. The lowest BCUT2D eigenvalue weighted by molar-refractivity contribution is -0.134. The summed E-state index contributed by atoms with van der Waals surface area (Å²) in [5.74, 6) is -0.178. The van der Waals surface area contributed by atoms with Gasteiger partial charge in [-0.1, -0.05) is 30.3 Å². The lowest BCUT2D eigenvalue weighted by atomic mass is 10.1. The van der Waals surface area contributed by atoms with Crippen LogP contribution in [0.1, 0.15) is 23.4 Å². The van der Waals surface area contributed by atoms with Gasteiger partial charge in [-0.15, -0.1) is 10.2 Å². The number of carboxylic acids is 1. The van der Waals surface area contributed by atoms with Crippen LogP contribution in [0.15, 0.2) is 52.7 Å². The molecule has 1 aliphatic carbocycles. The molecule has 3 aromatic rings. The molecule has 2 aliphatic rings. The number of aromatic nitrogens is 4. The van der Waals surface area contributed by atoms with Crippen LogP contribution >= 0.6 is 0 Å². The number of hydrogen-bond donors (Lipinski definition) is 2. The van der Waals surface area contributed by atoms with Gasteiger partial charge in [-0.05, 0) is 30.4 Å². The molecule has 0 radical (unpaired) electrons. The van der Waals surface area contributed by atoms with Crippen LogP contribution in [0, 0.1) is 0 Å². The zero-order valence-corrected chi connectivity index (χ0v) is 17.8. The van der Waals surface area contributed by atoms with E-state index in [1.807, 2.05) is 0 Å². The van der Waals surface area contributed by atoms with Crippen LogP contribution in [0.5, 0.6) is 0 Å². The molecule has 0 saturated carbocycles. The number of carbonyl (C=O) groups excluding carboxylic acids is 1. The van der Waals surface area contributed by atoms with E-state index in [1.165, 1.54) is 11.1 Å². The molecule has 1 amide bonds. The average molecular weight is 446 g/mol. The van der Waals surface area contributed by atoms with E-state index < -0.39 is 5.97 Å². The molecule has 10 heteroatoms. The van der Waals surface area contributed by atoms with E-state index in [2.05, 4.69) is 49.7 Å². The minimum atomic E-state index is -0.944. The molecule has 0 fully saturated rings. The van der Waals surface area contributed by atoms with E-state index in [0.717, 1.165) is 12.8 Å². The standard InChI is InChI=1S/C23H22N6O4/c30-20(29-7-5-14(6-8-29)22(31)32)11-19-27-28-21(33-19)17-12-24-23(25-13-17)26-18-9-15-3-1-2-4-16(15)10-18/h1-5,12-13,18H,6-11H2,(H,31,32)(H,24,25,26). The Bertz CT molecular complexity index is 1190. The second-order valence-corrected chi connectivity index (χ2v) is 8.12. The van der Waals surface area contributed by atoms with Crippen LogP contribution in [0.3, 0.4) is 0 Å². The maximum absolute atomic E-state index is 12.5. The van der Waals surface area contributed by atoms with Gasteiger partial charge in [0.2, 0.25) is 17.7 Å². The van der Waals surface area contributed by atoms with Gasteiger partial charge in [0.05, 0.1) is 5.56 Å². The minimum Gasteiger partial charge on any atom is -0.478 e. The summed E-state index contributed by atoms with van der Waals surface area (Å²) in [5, 5.41) is 20.3. The third-order valence-electron chi connectivity index (χ3n) is 5.89. The SMILES string of the molecule is O=C(O)C1=CCN(C(=O)Cc2nnc(-c3cnc(NC4Cc5ccccc5C4)nc3)o2)CC1. The fraction of sp³-hybridized carbons (Fsp3) is 0.304. The van der Waals surface area contributed by atoms with Gasteiger partial charge in [-0.3, -0.25) is 4.79 Å². The molecule has 0 atom stereocenters. The van der Waals surface area contributed by atoms with Crippen molar-refractivity contribution in [1.82, 2.24) is 25.1 Å². The van der Waals surface area contributed by atoms with Gasteiger partial charge >= 0.3 is 5.97 Å². The molecule has 168 valence electrons. The van der Waals surface area contributed by atoms with Crippen molar-refractivity contribution in [2.45, 2.75) is 31.7 Å². The molecule has 1 aromatic carbocycles. The highest BCUT2D eigenvalue weighted by molar-refractivity contribution is 5.87. The summed E-state index contributed by atoms with van der Waals surface area (Å²) in [4.78, 5) is 33.8. The molecule has 5 rings (SSSR count). The Morgan fingerprint density at radius 1 is 1.12 bits per heavy atom. The smallest absolute Gasteiger partial charge is 0.331 e. The molecule has 1 aliphatic heterocycles. The summed E-state index contributed by atoms with van der Waals surface area (Å²) in [5.41, 5.74) is 3.59. The Balaban J connectivity index is 1.17.